The predicted molar refractivity (Wildman–Crippen MR) is 68.5 cm³/mol. The van der Waals surface area contributed by atoms with Gasteiger partial charge in [0.15, 0.2) is 0 Å². The molecule has 1 atom stereocenters. The SMILES string of the molecule is COc1ccc(CC(N)CO)c(C)c1C.Cl. The van der Waals surface area contributed by atoms with Crippen LogP contribution >= 0.6 is 12.4 Å². The van der Waals surface area contributed by atoms with Crippen LogP contribution in [0.3, 0.4) is 0 Å². The third-order valence-electron chi connectivity index (χ3n) is 2.79. The molecule has 16 heavy (non-hydrogen) atoms. The molecule has 1 unspecified atom stereocenters. The molecule has 1 aromatic rings. The summed E-state index contributed by atoms with van der Waals surface area (Å²) in [4.78, 5) is 0. The van der Waals surface area contributed by atoms with Crippen LogP contribution in [0.1, 0.15) is 16.7 Å². The van der Waals surface area contributed by atoms with Crippen molar-refractivity contribution in [2.45, 2.75) is 26.3 Å². The van der Waals surface area contributed by atoms with E-state index in [1.165, 1.54) is 11.1 Å². The van der Waals surface area contributed by atoms with Gasteiger partial charge in [0, 0.05) is 6.04 Å². The van der Waals surface area contributed by atoms with Gasteiger partial charge < -0.3 is 15.6 Å². The van der Waals surface area contributed by atoms with E-state index in [4.69, 9.17) is 15.6 Å². The van der Waals surface area contributed by atoms with Crippen LogP contribution in [-0.2, 0) is 6.42 Å². The average molecular weight is 246 g/mol. The monoisotopic (exact) mass is 245 g/mol. The van der Waals surface area contributed by atoms with E-state index in [0.717, 1.165) is 11.3 Å². The van der Waals surface area contributed by atoms with Crippen molar-refractivity contribution >= 4 is 12.4 Å². The summed E-state index contributed by atoms with van der Waals surface area (Å²) < 4.78 is 5.23. The molecule has 4 heteroatoms. The molecular weight excluding hydrogens is 226 g/mol. The summed E-state index contributed by atoms with van der Waals surface area (Å²) in [5, 5.41) is 8.91. The Morgan fingerprint density at radius 1 is 1.31 bits per heavy atom. The van der Waals surface area contributed by atoms with Crippen molar-refractivity contribution in [3.8, 4) is 5.75 Å². The molecule has 3 N–H and O–H groups in total. The number of nitrogens with two attached hydrogens (primary N) is 1. The van der Waals surface area contributed by atoms with E-state index < -0.39 is 0 Å². The largest absolute Gasteiger partial charge is 0.496 e. The van der Waals surface area contributed by atoms with Crippen molar-refractivity contribution in [3.05, 3.63) is 28.8 Å². The molecule has 0 heterocycles. The number of benzene rings is 1. The van der Waals surface area contributed by atoms with Gasteiger partial charge in [0.1, 0.15) is 5.75 Å². The fourth-order valence-corrected chi connectivity index (χ4v) is 1.64. The van der Waals surface area contributed by atoms with Crippen LogP contribution < -0.4 is 10.5 Å². The third kappa shape index (κ3) is 3.37. The van der Waals surface area contributed by atoms with Crippen molar-refractivity contribution in [2.75, 3.05) is 13.7 Å². The highest BCUT2D eigenvalue weighted by Crippen LogP contribution is 2.24. The zero-order valence-corrected chi connectivity index (χ0v) is 10.8. The van der Waals surface area contributed by atoms with Gasteiger partial charge in [0.25, 0.3) is 0 Å². The Kier molecular flexibility index (Phi) is 6.41. The summed E-state index contributed by atoms with van der Waals surface area (Å²) in [6, 6.07) is 3.77. The molecule has 0 saturated carbocycles. The molecule has 0 amide bonds. The Balaban J connectivity index is 0.00000225. The number of methoxy groups -OCH3 is 1. The van der Waals surface area contributed by atoms with E-state index in [1.54, 1.807) is 7.11 Å². The summed E-state index contributed by atoms with van der Waals surface area (Å²) in [6.07, 6.45) is 0.702. The Morgan fingerprint density at radius 2 is 1.94 bits per heavy atom. The summed E-state index contributed by atoms with van der Waals surface area (Å²) in [6.45, 7) is 4.10. The van der Waals surface area contributed by atoms with Gasteiger partial charge in [0.05, 0.1) is 13.7 Å². The minimum atomic E-state index is -0.184. The first-order valence-electron chi connectivity index (χ1n) is 5.09. The van der Waals surface area contributed by atoms with Crippen LogP contribution in [0.15, 0.2) is 12.1 Å². The van der Waals surface area contributed by atoms with Crippen LogP contribution in [-0.4, -0.2) is 24.9 Å². The number of aliphatic hydroxyl groups is 1. The summed E-state index contributed by atoms with van der Waals surface area (Å²) in [5.41, 5.74) is 9.22. The number of halogens is 1. The molecule has 1 aromatic carbocycles. The molecule has 0 saturated heterocycles. The molecule has 0 aliphatic heterocycles. The lowest BCUT2D eigenvalue weighted by Gasteiger charge is -2.14. The van der Waals surface area contributed by atoms with E-state index >= 15 is 0 Å². The van der Waals surface area contributed by atoms with Crippen LogP contribution in [0.4, 0.5) is 0 Å². The lowest BCUT2D eigenvalue weighted by atomic mass is 9.97. The zero-order chi connectivity index (χ0) is 11.4. The average Bonchev–Trinajstić information content (AvgIpc) is 2.25. The van der Waals surface area contributed by atoms with Crippen LogP contribution in [0.2, 0.25) is 0 Å². The quantitative estimate of drug-likeness (QED) is 0.847. The van der Waals surface area contributed by atoms with E-state index in [1.807, 2.05) is 19.1 Å². The van der Waals surface area contributed by atoms with Gasteiger partial charge >= 0.3 is 0 Å². The maximum absolute atomic E-state index is 8.91. The molecule has 0 fully saturated rings. The highest BCUT2D eigenvalue weighted by Gasteiger charge is 2.09. The molecule has 1 rings (SSSR count). The number of hydrogen-bond donors (Lipinski definition) is 2. The summed E-state index contributed by atoms with van der Waals surface area (Å²) >= 11 is 0. The standard InChI is InChI=1S/C12H19NO2.ClH/c1-8-9(2)12(15-3)5-4-10(8)6-11(13)7-14;/h4-5,11,14H,6-7,13H2,1-3H3;1H. The Bertz CT molecular complexity index is 342. The Morgan fingerprint density at radius 3 is 2.44 bits per heavy atom. The highest BCUT2D eigenvalue weighted by molar-refractivity contribution is 5.85. The van der Waals surface area contributed by atoms with E-state index in [0.29, 0.717) is 6.42 Å². The van der Waals surface area contributed by atoms with Gasteiger partial charge in [-0.25, -0.2) is 0 Å². The summed E-state index contributed by atoms with van der Waals surface area (Å²) in [5.74, 6) is 0.897. The molecule has 0 aliphatic carbocycles. The number of rotatable bonds is 4. The summed E-state index contributed by atoms with van der Waals surface area (Å²) in [7, 11) is 1.67. The smallest absolute Gasteiger partial charge is 0.122 e. The molecule has 0 aromatic heterocycles. The van der Waals surface area contributed by atoms with Gasteiger partial charge in [-0.1, -0.05) is 6.07 Å². The van der Waals surface area contributed by atoms with Gasteiger partial charge in [-0.3, -0.25) is 0 Å². The zero-order valence-electron chi connectivity index (χ0n) is 9.99. The Hall–Kier alpha value is -0.770. The third-order valence-corrected chi connectivity index (χ3v) is 2.79. The molecule has 3 nitrogen and oxygen atoms in total. The van der Waals surface area contributed by atoms with Gasteiger partial charge in [-0.15, -0.1) is 12.4 Å². The van der Waals surface area contributed by atoms with Gasteiger partial charge in [-0.05, 0) is 43.0 Å². The number of ether oxygens (including phenoxy) is 1. The minimum absolute atomic E-state index is 0. The lowest BCUT2D eigenvalue weighted by molar-refractivity contribution is 0.265. The van der Waals surface area contributed by atoms with Crippen LogP contribution in [0.25, 0.3) is 0 Å². The number of aliphatic hydroxyl groups excluding tert-OH is 1. The maximum Gasteiger partial charge on any atom is 0.122 e. The first-order chi connectivity index (χ1) is 7.10. The van der Waals surface area contributed by atoms with Crippen molar-refractivity contribution in [1.29, 1.82) is 0 Å². The molecular formula is C12H20ClNO2. The maximum atomic E-state index is 8.91. The molecule has 0 bridgehead atoms. The fraction of sp³-hybridized carbons (Fsp3) is 0.500. The lowest BCUT2D eigenvalue weighted by Crippen LogP contribution is -2.27. The van der Waals surface area contributed by atoms with Crippen LogP contribution in [0.5, 0.6) is 5.75 Å². The van der Waals surface area contributed by atoms with Crippen molar-refractivity contribution in [3.63, 3.8) is 0 Å². The van der Waals surface area contributed by atoms with Gasteiger partial charge in [-0.2, -0.15) is 0 Å². The normalized spacial score (nSPS) is 11.8. The molecule has 0 spiro atoms. The first-order valence-corrected chi connectivity index (χ1v) is 5.09. The van der Waals surface area contributed by atoms with E-state index in [-0.39, 0.29) is 25.1 Å². The molecule has 0 aliphatic rings. The number of hydrogen-bond acceptors (Lipinski definition) is 3. The fourth-order valence-electron chi connectivity index (χ4n) is 1.64. The van der Waals surface area contributed by atoms with Crippen molar-refractivity contribution in [1.82, 2.24) is 0 Å². The predicted octanol–water partition coefficient (Wildman–Crippen LogP) is 1.60. The van der Waals surface area contributed by atoms with Crippen LogP contribution in [0, 0.1) is 13.8 Å². The topological polar surface area (TPSA) is 55.5 Å². The second kappa shape index (κ2) is 6.74. The highest BCUT2D eigenvalue weighted by atomic mass is 35.5. The minimum Gasteiger partial charge on any atom is -0.496 e. The van der Waals surface area contributed by atoms with Gasteiger partial charge in [0.2, 0.25) is 0 Å². The van der Waals surface area contributed by atoms with E-state index in [9.17, 15) is 0 Å². The first kappa shape index (κ1) is 15.2. The van der Waals surface area contributed by atoms with Crippen molar-refractivity contribution in [2.24, 2.45) is 5.73 Å². The molecule has 0 radical (unpaired) electrons. The molecule has 92 valence electrons. The Labute approximate surface area is 103 Å². The second-order valence-corrected chi connectivity index (χ2v) is 3.82. The van der Waals surface area contributed by atoms with Crippen molar-refractivity contribution < 1.29 is 9.84 Å². The van der Waals surface area contributed by atoms with E-state index in [2.05, 4.69) is 6.92 Å². The second-order valence-electron chi connectivity index (χ2n) is 3.82.